The number of rotatable bonds is 9. The van der Waals surface area contributed by atoms with Gasteiger partial charge in [0.1, 0.15) is 11.6 Å². The Morgan fingerprint density at radius 3 is 1.91 bits per heavy atom. The fourth-order valence-corrected chi connectivity index (χ4v) is 9.22. The van der Waals surface area contributed by atoms with Crippen LogP contribution < -0.4 is 0 Å². The predicted molar refractivity (Wildman–Crippen MR) is 275 cm³/mol. The average molecular weight is 1050 g/mol. The number of aromatic hydroxyl groups is 1. The van der Waals surface area contributed by atoms with Crippen LogP contribution in [0.15, 0.2) is 194 Å². The monoisotopic (exact) mass is 1050 g/mol. The largest absolute Gasteiger partial charge is 0.507 e. The number of benzene rings is 8. The summed E-state index contributed by atoms with van der Waals surface area (Å²) in [5.41, 5.74) is 18.9. The van der Waals surface area contributed by atoms with E-state index in [0.29, 0.717) is 11.4 Å². The maximum absolute atomic E-state index is 11.5. The molecule has 332 valence electrons. The molecule has 10 aromatic rings. The van der Waals surface area contributed by atoms with E-state index >= 15 is 0 Å². The van der Waals surface area contributed by atoms with Crippen molar-refractivity contribution in [1.29, 1.82) is 0 Å². The fourth-order valence-electron chi connectivity index (χ4n) is 9.22. The summed E-state index contributed by atoms with van der Waals surface area (Å²) >= 11 is 0. The van der Waals surface area contributed by atoms with Gasteiger partial charge in [-0.05, 0) is 110 Å². The summed E-state index contributed by atoms with van der Waals surface area (Å²) in [6.07, 6.45) is 1.86. The molecule has 0 amide bonds. The van der Waals surface area contributed by atoms with E-state index in [9.17, 15) is 5.11 Å². The molecule has 67 heavy (non-hydrogen) atoms. The SMILES string of the molecule is [2H]C(C)(C)c1ccc(-c2ccnc(-c3[c-]c(-c4cccc5c4nc(-c4ccccc4O)n5-c4ccc(-c5c(-c6ccccc6)cccc5C(C)(C)C)cc4C)cc(-c4ccccc4)c3)c2)cc1.[Pt]. The topological polar surface area (TPSA) is 50.9 Å². The molecule has 2 aromatic heterocycles. The van der Waals surface area contributed by atoms with Gasteiger partial charge in [0.05, 0.1) is 22.3 Å². The van der Waals surface area contributed by atoms with E-state index < -0.39 is 5.89 Å². The van der Waals surface area contributed by atoms with Gasteiger partial charge in [-0.15, -0.1) is 23.8 Å². The standard InChI is InChI=1S/C62H52N3O.Pt/c1-40(2)42-27-29-44(30-28-42)46-33-34-63-55(39-46)50-37-48(43-17-9-7-10-18-43)36-49(38-50)52-23-16-25-57-60(52)64-61(53-21-13-14-26-58(53)66)65(57)56-32-31-47(35-41(56)3)59-51(45-19-11-8-12-20-45)22-15-24-54(59)62(4,5)6;/h7-37,39-40,66H,1-6H3;/q-1;/i40D;. The molecule has 1 N–H and O–H groups in total. The summed E-state index contributed by atoms with van der Waals surface area (Å²) in [4.78, 5) is 10.4. The van der Waals surface area contributed by atoms with Crippen molar-refractivity contribution < 1.29 is 27.5 Å². The second-order valence-electron chi connectivity index (χ2n) is 18.4. The van der Waals surface area contributed by atoms with Crippen molar-refractivity contribution >= 4 is 11.0 Å². The molecule has 2 heterocycles. The maximum Gasteiger partial charge on any atom is 0.148 e. The third-order valence-electron chi connectivity index (χ3n) is 12.6. The summed E-state index contributed by atoms with van der Waals surface area (Å²) in [6, 6.07) is 68.7. The van der Waals surface area contributed by atoms with Gasteiger partial charge in [-0.3, -0.25) is 9.55 Å². The zero-order chi connectivity index (χ0) is 46.5. The first-order chi connectivity index (χ1) is 32.3. The minimum absolute atomic E-state index is 0. The summed E-state index contributed by atoms with van der Waals surface area (Å²) in [5.74, 6) is 0.122. The molecule has 0 radical (unpaired) electrons. The summed E-state index contributed by atoms with van der Waals surface area (Å²) in [5, 5.41) is 11.5. The van der Waals surface area contributed by atoms with Gasteiger partial charge in [-0.2, -0.15) is 0 Å². The molecular formula is C62H52N3OPt-. The number of phenols is 1. The molecule has 0 aliphatic heterocycles. The quantitative estimate of drug-likeness (QED) is 0.147. The second kappa shape index (κ2) is 18.6. The third kappa shape index (κ3) is 8.83. The van der Waals surface area contributed by atoms with Crippen LogP contribution in [0.25, 0.3) is 95.0 Å². The van der Waals surface area contributed by atoms with E-state index in [-0.39, 0.29) is 32.2 Å². The summed E-state index contributed by atoms with van der Waals surface area (Å²) in [6.45, 7) is 12.8. The van der Waals surface area contributed by atoms with Crippen molar-refractivity contribution in [3.05, 3.63) is 217 Å². The van der Waals surface area contributed by atoms with Crippen molar-refractivity contribution in [2.75, 3.05) is 0 Å². The van der Waals surface area contributed by atoms with Crippen molar-refractivity contribution in [1.82, 2.24) is 14.5 Å². The number of pyridine rings is 1. The Bertz CT molecular complexity index is 3440. The number of para-hydroxylation sites is 2. The van der Waals surface area contributed by atoms with Crippen LogP contribution in [0.3, 0.4) is 0 Å². The van der Waals surface area contributed by atoms with Crippen LogP contribution in [0.2, 0.25) is 0 Å². The van der Waals surface area contributed by atoms with Crippen LogP contribution in [0.4, 0.5) is 0 Å². The molecule has 0 bridgehead atoms. The molecule has 5 heteroatoms. The number of nitrogens with zero attached hydrogens (tertiary/aromatic N) is 3. The zero-order valence-corrected chi connectivity index (χ0v) is 40.9. The molecule has 8 aromatic carbocycles. The summed E-state index contributed by atoms with van der Waals surface area (Å²) in [7, 11) is 0. The van der Waals surface area contributed by atoms with Gasteiger partial charge in [0.15, 0.2) is 0 Å². The summed E-state index contributed by atoms with van der Waals surface area (Å²) < 4.78 is 10.7. The van der Waals surface area contributed by atoms with Crippen LogP contribution in [-0.2, 0) is 26.5 Å². The molecule has 0 atom stereocenters. The molecule has 0 fully saturated rings. The smallest absolute Gasteiger partial charge is 0.148 e. The van der Waals surface area contributed by atoms with Gasteiger partial charge in [0.2, 0.25) is 0 Å². The Morgan fingerprint density at radius 1 is 0.582 bits per heavy atom. The average Bonchev–Trinajstić information content (AvgIpc) is 3.73. The van der Waals surface area contributed by atoms with Crippen LogP contribution in [0.1, 0.15) is 58.6 Å². The number of fused-ring (bicyclic) bond motifs is 1. The molecule has 0 spiro atoms. The number of hydrogen-bond donors (Lipinski definition) is 1. The molecule has 0 unspecified atom stereocenters. The Morgan fingerprint density at radius 2 is 1.21 bits per heavy atom. The molecule has 4 nitrogen and oxygen atoms in total. The zero-order valence-electron chi connectivity index (χ0n) is 39.6. The molecule has 0 saturated heterocycles. The molecule has 10 rings (SSSR count). The van der Waals surface area contributed by atoms with Gasteiger partial charge in [0, 0.05) is 34.3 Å². The fraction of sp³-hybridized carbons (Fsp3) is 0.129. The first kappa shape index (κ1) is 43.7. The molecular weight excluding hydrogens is 998 g/mol. The Balaban J connectivity index is 0.00000578. The number of phenolic OH excluding ortho intramolecular Hbond substituents is 1. The van der Waals surface area contributed by atoms with E-state index in [1.54, 1.807) is 6.07 Å². The number of imidazole rings is 1. The van der Waals surface area contributed by atoms with Crippen LogP contribution >= 0.6 is 0 Å². The third-order valence-corrected chi connectivity index (χ3v) is 12.6. The van der Waals surface area contributed by atoms with Crippen molar-refractivity contribution in [3.8, 4) is 89.7 Å². The van der Waals surface area contributed by atoms with Crippen LogP contribution in [-0.4, -0.2) is 19.6 Å². The van der Waals surface area contributed by atoms with Crippen molar-refractivity contribution in [3.63, 3.8) is 0 Å². The number of aryl methyl sites for hydroxylation is 1. The normalized spacial score (nSPS) is 11.9. The molecule has 0 saturated carbocycles. The predicted octanol–water partition coefficient (Wildman–Crippen LogP) is 16.3. The first-order valence-corrected chi connectivity index (χ1v) is 22.6. The van der Waals surface area contributed by atoms with Crippen LogP contribution in [0.5, 0.6) is 5.75 Å². The molecule has 0 aliphatic rings. The van der Waals surface area contributed by atoms with Gasteiger partial charge >= 0.3 is 0 Å². The van der Waals surface area contributed by atoms with E-state index in [1.807, 2.05) is 62.5 Å². The second-order valence-corrected chi connectivity index (χ2v) is 18.4. The van der Waals surface area contributed by atoms with Crippen molar-refractivity contribution in [2.24, 2.45) is 0 Å². The Kier molecular flexibility index (Phi) is 12.2. The van der Waals surface area contributed by atoms with Gasteiger partial charge < -0.3 is 5.11 Å². The van der Waals surface area contributed by atoms with E-state index in [1.165, 1.54) is 22.3 Å². The maximum atomic E-state index is 11.5. The molecule has 0 aliphatic carbocycles. The van der Waals surface area contributed by atoms with Crippen LogP contribution in [0, 0.1) is 13.0 Å². The minimum Gasteiger partial charge on any atom is -0.507 e. The van der Waals surface area contributed by atoms with E-state index in [0.717, 1.165) is 78.0 Å². The minimum atomic E-state index is -0.679. The number of hydrogen-bond acceptors (Lipinski definition) is 3. The Labute approximate surface area is 410 Å². The van der Waals surface area contributed by atoms with Crippen molar-refractivity contribution in [2.45, 2.75) is 52.9 Å². The Hall–Kier alpha value is -7.13. The van der Waals surface area contributed by atoms with E-state index in [4.69, 9.17) is 11.3 Å². The number of aromatic nitrogens is 3. The van der Waals surface area contributed by atoms with Gasteiger partial charge in [0.25, 0.3) is 0 Å². The first-order valence-electron chi connectivity index (χ1n) is 23.1. The van der Waals surface area contributed by atoms with Gasteiger partial charge in [-0.1, -0.05) is 191 Å². The van der Waals surface area contributed by atoms with E-state index in [2.05, 4.69) is 178 Å². The van der Waals surface area contributed by atoms with Gasteiger partial charge in [-0.25, -0.2) is 4.98 Å².